The molecule has 2 amide bonds. The standard InChI is InChI=1S/C17H23N3O3.ClH/c18-10-12-6-7-20(11-12)17(22)13-3-1-4-14(9-13)19-16(21)15-5-2-8-23-15;/h1,3-4,9,12,15H,2,5-8,10-11,18H2,(H,19,21);1H. The fraction of sp³-hybridized carbons (Fsp3) is 0.529. The van der Waals surface area contributed by atoms with Crippen LogP contribution in [0.3, 0.4) is 0 Å². The van der Waals surface area contributed by atoms with Crippen LogP contribution in [0.4, 0.5) is 5.69 Å². The Morgan fingerprint density at radius 1 is 1.33 bits per heavy atom. The normalized spacial score (nSPS) is 23.0. The minimum Gasteiger partial charge on any atom is -0.368 e. The molecule has 2 heterocycles. The molecule has 2 aliphatic rings. The molecule has 3 N–H and O–H groups in total. The van der Waals surface area contributed by atoms with Crippen LogP contribution in [0, 0.1) is 5.92 Å². The van der Waals surface area contributed by atoms with Crippen LogP contribution in [0.15, 0.2) is 24.3 Å². The van der Waals surface area contributed by atoms with Crippen LogP contribution in [0.5, 0.6) is 0 Å². The van der Waals surface area contributed by atoms with Gasteiger partial charge in [-0.1, -0.05) is 6.07 Å². The molecule has 0 radical (unpaired) electrons. The third-order valence-electron chi connectivity index (χ3n) is 4.51. The predicted octanol–water partition coefficient (Wildman–Crippen LogP) is 1.65. The Labute approximate surface area is 148 Å². The minimum atomic E-state index is -0.377. The number of amides is 2. The lowest BCUT2D eigenvalue weighted by Gasteiger charge is -2.17. The number of likely N-dealkylation sites (tertiary alicyclic amines) is 1. The van der Waals surface area contributed by atoms with E-state index < -0.39 is 0 Å². The number of rotatable bonds is 4. The van der Waals surface area contributed by atoms with Gasteiger partial charge in [0, 0.05) is 30.9 Å². The smallest absolute Gasteiger partial charge is 0.253 e. The lowest BCUT2D eigenvalue weighted by Crippen LogP contribution is -2.30. The fourth-order valence-corrected chi connectivity index (χ4v) is 3.13. The third-order valence-corrected chi connectivity index (χ3v) is 4.51. The Balaban J connectivity index is 0.00000208. The van der Waals surface area contributed by atoms with Crippen molar-refractivity contribution in [1.82, 2.24) is 4.90 Å². The second-order valence-corrected chi connectivity index (χ2v) is 6.21. The Morgan fingerprint density at radius 3 is 2.83 bits per heavy atom. The van der Waals surface area contributed by atoms with Crippen LogP contribution in [-0.2, 0) is 9.53 Å². The van der Waals surface area contributed by atoms with Gasteiger partial charge in [-0.3, -0.25) is 9.59 Å². The zero-order valence-corrected chi connectivity index (χ0v) is 14.4. The average molecular weight is 354 g/mol. The van der Waals surface area contributed by atoms with Crippen molar-refractivity contribution in [2.24, 2.45) is 11.7 Å². The van der Waals surface area contributed by atoms with Crippen LogP contribution in [0.1, 0.15) is 29.6 Å². The molecular formula is C17H24ClN3O3. The van der Waals surface area contributed by atoms with E-state index in [-0.39, 0.29) is 30.3 Å². The molecule has 1 aromatic carbocycles. The van der Waals surface area contributed by atoms with E-state index in [4.69, 9.17) is 10.5 Å². The largest absolute Gasteiger partial charge is 0.368 e. The molecule has 6 nitrogen and oxygen atoms in total. The van der Waals surface area contributed by atoms with E-state index in [2.05, 4.69) is 5.32 Å². The van der Waals surface area contributed by atoms with E-state index in [9.17, 15) is 9.59 Å². The van der Waals surface area contributed by atoms with Crippen molar-refractivity contribution in [3.8, 4) is 0 Å². The molecule has 1 aromatic rings. The maximum Gasteiger partial charge on any atom is 0.253 e. The first-order valence-corrected chi connectivity index (χ1v) is 8.19. The van der Waals surface area contributed by atoms with Crippen molar-refractivity contribution in [1.29, 1.82) is 0 Å². The molecule has 3 rings (SSSR count). The Hall–Kier alpha value is -1.63. The zero-order valence-electron chi connectivity index (χ0n) is 13.6. The van der Waals surface area contributed by atoms with Crippen LogP contribution < -0.4 is 11.1 Å². The molecule has 2 fully saturated rings. The molecular weight excluding hydrogens is 330 g/mol. The number of carbonyl (C=O) groups is 2. The van der Waals surface area contributed by atoms with E-state index in [1.165, 1.54) is 0 Å². The number of benzene rings is 1. The van der Waals surface area contributed by atoms with Crippen molar-refractivity contribution >= 4 is 29.9 Å². The summed E-state index contributed by atoms with van der Waals surface area (Å²) in [6.07, 6.45) is 2.24. The van der Waals surface area contributed by atoms with Crippen molar-refractivity contribution in [3.05, 3.63) is 29.8 Å². The van der Waals surface area contributed by atoms with Crippen LogP contribution in [0.2, 0.25) is 0 Å². The van der Waals surface area contributed by atoms with Gasteiger partial charge in [0.1, 0.15) is 6.10 Å². The first-order valence-electron chi connectivity index (χ1n) is 8.19. The van der Waals surface area contributed by atoms with Crippen molar-refractivity contribution < 1.29 is 14.3 Å². The number of nitrogens with zero attached hydrogens (tertiary/aromatic N) is 1. The molecule has 0 saturated carbocycles. The summed E-state index contributed by atoms with van der Waals surface area (Å²) in [6.45, 7) is 2.70. The van der Waals surface area contributed by atoms with E-state index >= 15 is 0 Å². The van der Waals surface area contributed by atoms with Gasteiger partial charge < -0.3 is 20.7 Å². The lowest BCUT2D eigenvalue weighted by molar-refractivity contribution is -0.124. The lowest BCUT2D eigenvalue weighted by atomic mass is 10.1. The number of anilines is 1. The summed E-state index contributed by atoms with van der Waals surface area (Å²) in [7, 11) is 0. The van der Waals surface area contributed by atoms with Crippen molar-refractivity contribution in [2.75, 3.05) is 31.6 Å². The molecule has 0 aliphatic carbocycles. The van der Waals surface area contributed by atoms with Gasteiger partial charge in [-0.25, -0.2) is 0 Å². The van der Waals surface area contributed by atoms with Gasteiger partial charge in [0.25, 0.3) is 11.8 Å². The number of hydrogen-bond donors (Lipinski definition) is 2. The van der Waals surface area contributed by atoms with Gasteiger partial charge >= 0.3 is 0 Å². The molecule has 0 spiro atoms. The van der Waals surface area contributed by atoms with Gasteiger partial charge in [-0.15, -0.1) is 12.4 Å². The van der Waals surface area contributed by atoms with Crippen molar-refractivity contribution in [3.63, 3.8) is 0 Å². The first kappa shape index (κ1) is 18.7. The Morgan fingerprint density at radius 2 is 2.17 bits per heavy atom. The second kappa shape index (κ2) is 8.46. The highest BCUT2D eigenvalue weighted by Gasteiger charge is 2.27. The zero-order chi connectivity index (χ0) is 16.2. The van der Waals surface area contributed by atoms with E-state index in [1.807, 2.05) is 4.90 Å². The highest BCUT2D eigenvalue weighted by molar-refractivity contribution is 5.98. The maximum atomic E-state index is 12.6. The molecule has 2 atom stereocenters. The average Bonchev–Trinajstić information content (AvgIpc) is 3.25. The Kier molecular flexibility index (Phi) is 6.60. The molecule has 0 aromatic heterocycles. The number of ether oxygens (including phenoxy) is 1. The number of carbonyl (C=O) groups excluding carboxylic acids is 2. The minimum absolute atomic E-state index is 0. The number of nitrogens with one attached hydrogen (secondary N) is 1. The van der Waals surface area contributed by atoms with Gasteiger partial charge in [-0.05, 0) is 49.9 Å². The summed E-state index contributed by atoms with van der Waals surface area (Å²) in [5, 5.41) is 2.83. The molecule has 2 aliphatic heterocycles. The van der Waals surface area contributed by atoms with E-state index in [1.54, 1.807) is 24.3 Å². The summed E-state index contributed by atoms with van der Waals surface area (Å²) in [5.74, 6) is 0.243. The summed E-state index contributed by atoms with van der Waals surface area (Å²) >= 11 is 0. The number of halogens is 1. The summed E-state index contributed by atoms with van der Waals surface area (Å²) in [5.41, 5.74) is 6.90. The maximum absolute atomic E-state index is 12.6. The molecule has 2 unspecified atom stereocenters. The van der Waals surface area contributed by atoms with Crippen molar-refractivity contribution in [2.45, 2.75) is 25.4 Å². The molecule has 132 valence electrons. The molecule has 0 bridgehead atoms. The predicted molar refractivity (Wildman–Crippen MR) is 94.4 cm³/mol. The Bertz CT molecular complexity index is 590. The highest BCUT2D eigenvalue weighted by atomic mass is 35.5. The summed E-state index contributed by atoms with van der Waals surface area (Å²) in [4.78, 5) is 26.5. The van der Waals surface area contributed by atoms with Crippen LogP contribution in [-0.4, -0.2) is 49.1 Å². The fourth-order valence-electron chi connectivity index (χ4n) is 3.13. The van der Waals surface area contributed by atoms with Gasteiger partial charge in [-0.2, -0.15) is 0 Å². The van der Waals surface area contributed by atoms with Gasteiger partial charge in [0.05, 0.1) is 0 Å². The quantitative estimate of drug-likeness (QED) is 0.861. The topological polar surface area (TPSA) is 84.7 Å². The molecule has 24 heavy (non-hydrogen) atoms. The van der Waals surface area contributed by atoms with Crippen LogP contribution >= 0.6 is 12.4 Å². The monoisotopic (exact) mass is 353 g/mol. The van der Waals surface area contributed by atoms with Gasteiger partial charge in [0.15, 0.2) is 0 Å². The van der Waals surface area contributed by atoms with E-state index in [0.29, 0.717) is 36.9 Å². The van der Waals surface area contributed by atoms with Crippen LogP contribution in [0.25, 0.3) is 0 Å². The number of nitrogens with two attached hydrogens (primary N) is 1. The first-order chi connectivity index (χ1) is 11.2. The summed E-state index contributed by atoms with van der Waals surface area (Å²) < 4.78 is 5.37. The molecule has 7 heteroatoms. The third kappa shape index (κ3) is 4.26. The summed E-state index contributed by atoms with van der Waals surface area (Å²) in [6, 6.07) is 7.08. The SMILES string of the molecule is Cl.NCC1CCN(C(=O)c2cccc(NC(=O)C3CCCO3)c2)C1. The van der Waals surface area contributed by atoms with E-state index in [0.717, 1.165) is 25.8 Å². The number of hydrogen-bond acceptors (Lipinski definition) is 4. The highest BCUT2D eigenvalue weighted by Crippen LogP contribution is 2.20. The molecule has 2 saturated heterocycles. The second-order valence-electron chi connectivity index (χ2n) is 6.21. The van der Waals surface area contributed by atoms with Gasteiger partial charge in [0.2, 0.25) is 0 Å².